The van der Waals surface area contributed by atoms with Crippen molar-refractivity contribution in [3.63, 3.8) is 0 Å². The normalized spacial score (nSPS) is 16.8. The van der Waals surface area contributed by atoms with Crippen LogP contribution in [0.15, 0.2) is 0 Å². The minimum atomic E-state index is 0.624. The molecule has 6 heteroatoms. The molecule has 1 aromatic heterocycles. The molecule has 1 saturated carbocycles. The van der Waals surface area contributed by atoms with Crippen LogP contribution in [-0.2, 0) is 7.05 Å². The van der Waals surface area contributed by atoms with Gasteiger partial charge in [0.05, 0.1) is 6.04 Å². The lowest BCUT2D eigenvalue weighted by atomic mass is 10.7. The minimum absolute atomic E-state index is 0.624. The van der Waals surface area contributed by atoms with Crippen LogP contribution in [0.5, 0.6) is 0 Å². The van der Waals surface area contributed by atoms with Gasteiger partial charge in [0, 0.05) is 7.05 Å². The molecule has 0 bridgehead atoms. The molecule has 0 amide bonds. The summed E-state index contributed by atoms with van der Waals surface area (Å²) in [5.74, 6) is 0. The van der Waals surface area contributed by atoms with E-state index >= 15 is 0 Å². The summed E-state index contributed by atoms with van der Waals surface area (Å²) in [5, 5.41) is 0. The van der Waals surface area contributed by atoms with Crippen LogP contribution in [0.1, 0.15) is 18.9 Å². The van der Waals surface area contributed by atoms with E-state index in [1.165, 1.54) is 12.8 Å². The number of hydrogen-bond acceptors (Lipinski definition) is 2. The summed E-state index contributed by atoms with van der Waals surface area (Å²) < 4.78 is 7.92. The lowest BCUT2D eigenvalue weighted by molar-refractivity contribution is 0.511. The molecule has 0 aliphatic heterocycles. The second kappa shape index (κ2) is 2.81. The Morgan fingerprint density at radius 3 is 2.25 bits per heavy atom. The summed E-state index contributed by atoms with van der Waals surface area (Å²) in [6.07, 6.45) is 2.50. The first-order valence-electron chi connectivity index (χ1n) is 3.97. The molecule has 2 rings (SSSR count). The highest BCUT2D eigenvalue weighted by Gasteiger charge is 2.26. The van der Waals surface area contributed by atoms with Crippen LogP contribution in [0.4, 0.5) is 0 Å². The summed E-state index contributed by atoms with van der Waals surface area (Å²) in [7, 11) is 1.99. The van der Waals surface area contributed by atoms with Crippen molar-refractivity contribution >= 4 is 40.9 Å². The largest absolute Gasteiger partial charge is 0.395 e. The average molecular weight is 215 g/mol. The van der Waals surface area contributed by atoms with E-state index in [0.717, 1.165) is 26.1 Å². The molecule has 0 unspecified atom stereocenters. The third-order valence-corrected chi connectivity index (χ3v) is 4.76. The fourth-order valence-electron chi connectivity index (χ4n) is 1.39. The Morgan fingerprint density at radius 2 is 1.92 bits per heavy atom. The van der Waals surface area contributed by atoms with E-state index in [9.17, 15) is 0 Å². The number of aromatic nitrogens is 3. The molecule has 0 aromatic carbocycles. The zero-order chi connectivity index (χ0) is 8.88. The zero-order valence-corrected chi connectivity index (χ0v) is 10.8. The van der Waals surface area contributed by atoms with Crippen molar-refractivity contribution in [3.05, 3.63) is 9.54 Å². The van der Waals surface area contributed by atoms with E-state index in [4.69, 9.17) is 24.4 Å². The first kappa shape index (κ1) is 8.70. The van der Waals surface area contributed by atoms with Crippen molar-refractivity contribution in [2.24, 2.45) is 7.05 Å². The van der Waals surface area contributed by atoms with Crippen LogP contribution in [-0.4, -0.2) is 29.4 Å². The predicted octanol–water partition coefficient (Wildman–Crippen LogP) is 0.818. The Labute approximate surface area is 89.2 Å². The molecule has 1 heterocycles. The van der Waals surface area contributed by atoms with E-state index in [2.05, 4.69) is 4.68 Å². The average Bonchev–Trinajstić information content (AvgIpc) is 2.82. The molecule has 64 valence electrons. The van der Waals surface area contributed by atoms with Gasteiger partial charge in [-0.05, 0) is 37.3 Å². The quantitative estimate of drug-likeness (QED) is 0.509. The molecule has 3 nitrogen and oxygen atoms in total. The van der Waals surface area contributed by atoms with Crippen molar-refractivity contribution in [1.29, 1.82) is 0 Å². The maximum Gasteiger partial charge on any atom is 0.377 e. The van der Waals surface area contributed by atoms with E-state index in [-0.39, 0.29) is 0 Å². The van der Waals surface area contributed by atoms with Crippen molar-refractivity contribution in [3.8, 4) is 0 Å². The van der Waals surface area contributed by atoms with Crippen molar-refractivity contribution in [2.75, 3.05) is 0 Å². The van der Waals surface area contributed by atoms with Gasteiger partial charge >= 0.3 is 16.5 Å². The van der Waals surface area contributed by atoms with Crippen molar-refractivity contribution in [1.82, 2.24) is 12.9 Å². The van der Waals surface area contributed by atoms with Gasteiger partial charge in [0.1, 0.15) is 0 Å². The topological polar surface area (TPSA) is 14.8 Å². The molecule has 1 fully saturated rings. The lowest BCUT2D eigenvalue weighted by Gasteiger charge is -2.02. The van der Waals surface area contributed by atoms with Gasteiger partial charge < -0.3 is 3.55 Å². The third-order valence-electron chi connectivity index (χ3n) is 2.26. The second-order valence-corrected chi connectivity index (χ2v) is 4.85. The Bertz CT molecular complexity index is 423. The van der Waals surface area contributed by atoms with Gasteiger partial charge in [0.2, 0.25) is 0 Å². The standard InChI is InChI=1S/C6H9N3S2.Al.2H/c1-8-5(10)7-6(11)9(8)4-2-3-4;;;/h4H,2-3H2,1H3,(H,7,10,11);;;/q;+1;;/p-1. The second-order valence-electron chi connectivity index (χ2n) is 3.22. The smallest absolute Gasteiger partial charge is 0.377 e. The minimum Gasteiger partial charge on any atom is -0.395 e. The zero-order valence-electron chi connectivity index (χ0n) is 7.15. The predicted molar refractivity (Wildman–Crippen MR) is 55.3 cm³/mol. The molecule has 12 heavy (non-hydrogen) atoms. The van der Waals surface area contributed by atoms with Gasteiger partial charge in [0.25, 0.3) is 0 Å². The number of rotatable bonds is 1. The highest BCUT2D eigenvalue weighted by Crippen LogP contribution is 2.34. The summed E-state index contributed by atoms with van der Waals surface area (Å²) in [6, 6.07) is 0.624. The first-order valence-corrected chi connectivity index (χ1v) is 5.68. The molecular weight excluding hydrogens is 205 g/mol. The van der Waals surface area contributed by atoms with Crippen molar-refractivity contribution in [2.45, 2.75) is 18.9 Å². The van der Waals surface area contributed by atoms with Crippen LogP contribution < -0.4 is 0 Å². The maximum atomic E-state index is 5.29. The number of hydrogen-bond donors (Lipinski definition) is 0. The van der Waals surface area contributed by atoms with E-state index in [0.29, 0.717) is 6.04 Å². The Kier molecular flexibility index (Phi) is 2.04. The molecule has 0 saturated heterocycles. The molecule has 1 aliphatic carbocycles. The fourth-order valence-corrected chi connectivity index (χ4v) is 2.48. The van der Waals surface area contributed by atoms with Crippen LogP contribution in [0.2, 0.25) is 0 Å². The van der Waals surface area contributed by atoms with Gasteiger partial charge in [-0.1, -0.05) is 0 Å². The Morgan fingerprint density at radius 1 is 1.33 bits per heavy atom. The van der Waals surface area contributed by atoms with E-state index in [1.807, 2.05) is 15.3 Å². The van der Waals surface area contributed by atoms with Gasteiger partial charge in [-0.3, -0.25) is 9.36 Å². The van der Waals surface area contributed by atoms with E-state index in [1.54, 1.807) is 0 Å². The molecule has 1 aromatic rings. The molecule has 0 atom stereocenters. The third kappa shape index (κ3) is 1.14. The molecule has 0 spiro atoms. The molecule has 0 radical (unpaired) electrons. The SMILES string of the molecule is Cn1c(=S)[n]([AlH2])c(=S)n1C1CC1. The van der Waals surface area contributed by atoms with Crippen LogP contribution in [0.25, 0.3) is 0 Å². The van der Waals surface area contributed by atoms with Crippen LogP contribution >= 0.6 is 24.4 Å². The highest BCUT2D eigenvalue weighted by atomic mass is 32.1. The molecular formula is C6H10AlN3S2. The fraction of sp³-hybridized carbons (Fsp3) is 0.667. The summed E-state index contributed by atoms with van der Waals surface area (Å²) in [4.78, 5) is 0. The monoisotopic (exact) mass is 215 g/mol. The van der Waals surface area contributed by atoms with Crippen molar-refractivity contribution < 1.29 is 0 Å². The van der Waals surface area contributed by atoms with Gasteiger partial charge in [-0.2, -0.15) is 0 Å². The van der Waals surface area contributed by atoms with Gasteiger partial charge in [-0.25, -0.2) is 0 Å². The summed E-state index contributed by atoms with van der Waals surface area (Å²) in [5.41, 5.74) is 0. The summed E-state index contributed by atoms with van der Waals surface area (Å²) in [6.45, 7) is 0. The van der Waals surface area contributed by atoms with Gasteiger partial charge in [-0.15, -0.1) is 0 Å². The van der Waals surface area contributed by atoms with Crippen LogP contribution in [0, 0.1) is 9.54 Å². The summed E-state index contributed by atoms with van der Waals surface area (Å²) >= 11 is 11.4. The molecule has 1 aliphatic rings. The number of nitrogens with zero attached hydrogens (tertiary/aromatic N) is 3. The first-order chi connectivity index (χ1) is 5.63. The molecule has 0 N–H and O–H groups in total. The Hall–Kier alpha value is 0.112. The van der Waals surface area contributed by atoms with Gasteiger partial charge in [0.15, 0.2) is 9.54 Å². The van der Waals surface area contributed by atoms with Crippen LogP contribution in [0.3, 0.4) is 0 Å². The highest BCUT2D eigenvalue weighted by molar-refractivity contribution is 7.72. The maximum absolute atomic E-state index is 5.29. The Balaban J connectivity index is 2.75. The van der Waals surface area contributed by atoms with E-state index < -0.39 is 0 Å². The lowest BCUT2D eigenvalue weighted by Crippen LogP contribution is -2.06.